The summed E-state index contributed by atoms with van der Waals surface area (Å²) in [7, 11) is 0. The van der Waals surface area contributed by atoms with Gasteiger partial charge in [-0.05, 0) is 25.0 Å². The van der Waals surface area contributed by atoms with Gasteiger partial charge >= 0.3 is 6.18 Å². The van der Waals surface area contributed by atoms with Gasteiger partial charge in [0.1, 0.15) is 5.02 Å². The monoisotopic (exact) mass is 357 g/mol. The first-order valence-electron chi connectivity index (χ1n) is 7.53. The molecule has 1 saturated heterocycles. The normalized spacial score (nSPS) is 18.7. The van der Waals surface area contributed by atoms with Crippen LogP contribution in [0.25, 0.3) is 5.69 Å². The lowest BCUT2D eigenvalue weighted by Gasteiger charge is -2.35. The highest BCUT2D eigenvalue weighted by Gasteiger charge is 2.42. The van der Waals surface area contributed by atoms with E-state index >= 15 is 0 Å². The Kier molecular flexibility index (Phi) is 4.54. The first-order valence-corrected chi connectivity index (χ1v) is 7.90. The summed E-state index contributed by atoms with van der Waals surface area (Å²) in [6.45, 7) is 0.211. The van der Waals surface area contributed by atoms with E-state index in [4.69, 9.17) is 11.6 Å². The van der Waals surface area contributed by atoms with Crippen molar-refractivity contribution in [2.24, 2.45) is 5.92 Å². The van der Waals surface area contributed by atoms with Crippen LogP contribution in [-0.2, 0) is 0 Å². The van der Waals surface area contributed by atoms with Crippen molar-refractivity contribution < 1.29 is 13.2 Å². The average molecular weight is 358 g/mol. The molecule has 0 radical (unpaired) electrons. The van der Waals surface area contributed by atoms with Crippen LogP contribution in [0.1, 0.15) is 12.8 Å². The van der Waals surface area contributed by atoms with Crippen LogP contribution in [0.15, 0.2) is 41.3 Å². The number of halogens is 4. The SMILES string of the molecule is O=c1c(Cl)c(N2CCCC(C(F)(F)F)C2)cnn1-c1ccccc1. The molecule has 4 nitrogen and oxygen atoms in total. The van der Waals surface area contributed by atoms with Gasteiger partial charge in [-0.2, -0.15) is 23.0 Å². The van der Waals surface area contributed by atoms with E-state index in [2.05, 4.69) is 5.10 Å². The Balaban J connectivity index is 1.93. The van der Waals surface area contributed by atoms with Gasteiger partial charge < -0.3 is 4.90 Å². The second-order valence-corrected chi connectivity index (χ2v) is 6.10. The van der Waals surface area contributed by atoms with E-state index in [1.807, 2.05) is 0 Å². The Bertz CT molecular complexity index is 776. The molecule has 1 fully saturated rings. The summed E-state index contributed by atoms with van der Waals surface area (Å²) in [6, 6.07) is 8.71. The molecule has 1 aromatic carbocycles. The molecular formula is C16H15ClF3N3O. The van der Waals surface area contributed by atoms with Crippen molar-refractivity contribution in [3.8, 4) is 5.69 Å². The number of para-hydroxylation sites is 1. The van der Waals surface area contributed by atoms with Crippen LogP contribution in [0, 0.1) is 5.92 Å². The summed E-state index contributed by atoms with van der Waals surface area (Å²) < 4.78 is 40.0. The highest BCUT2D eigenvalue weighted by atomic mass is 35.5. The largest absolute Gasteiger partial charge is 0.393 e. The molecule has 0 saturated carbocycles. The van der Waals surface area contributed by atoms with E-state index in [0.717, 1.165) is 4.68 Å². The maximum atomic E-state index is 13.0. The van der Waals surface area contributed by atoms with Gasteiger partial charge in [-0.25, -0.2) is 0 Å². The van der Waals surface area contributed by atoms with Crippen molar-refractivity contribution in [3.05, 3.63) is 51.9 Å². The number of nitrogens with zero attached hydrogens (tertiary/aromatic N) is 3. The third kappa shape index (κ3) is 3.26. The number of benzene rings is 1. The number of hydrogen-bond acceptors (Lipinski definition) is 3. The summed E-state index contributed by atoms with van der Waals surface area (Å²) in [5.74, 6) is -1.42. The zero-order valence-electron chi connectivity index (χ0n) is 12.6. The molecule has 128 valence electrons. The number of hydrogen-bond donors (Lipinski definition) is 0. The van der Waals surface area contributed by atoms with E-state index in [1.54, 1.807) is 30.3 Å². The Morgan fingerprint density at radius 1 is 1.21 bits per heavy atom. The number of alkyl halides is 3. The predicted octanol–water partition coefficient (Wildman–Crippen LogP) is 3.66. The molecule has 1 aliphatic heterocycles. The van der Waals surface area contributed by atoms with Crippen molar-refractivity contribution in [1.82, 2.24) is 9.78 Å². The van der Waals surface area contributed by atoms with Crippen molar-refractivity contribution in [1.29, 1.82) is 0 Å². The van der Waals surface area contributed by atoms with Gasteiger partial charge in [0.05, 0.1) is 23.5 Å². The molecule has 1 aliphatic rings. The minimum atomic E-state index is -4.25. The average Bonchev–Trinajstić information content (AvgIpc) is 2.57. The molecule has 1 aromatic heterocycles. The molecule has 2 heterocycles. The van der Waals surface area contributed by atoms with E-state index in [9.17, 15) is 18.0 Å². The smallest absolute Gasteiger partial charge is 0.368 e. The summed E-state index contributed by atoms with van der Waals surface area (Å²) in [6.07, 6.45) is -2.42. The maximum Gasteiger partial charge on any atom is 0.393 e. The molecule has 1 atom stereocenters. The van der Waals surface area contributed by atoms with Gasteiger partial charge in [-0.3, -0.25) is 4.79 Å². The molecule has 0 aliphatic carbocycles. The molecule has 8 heteroatoms. The fraction of sp³-hybridized carbons (Fsp3) is 0.375. The van der Waals surface area contributed by atoms with Crippen molar-refractivity contribution in [2.45, 2.75) is 19.0 Å². The highest BCUT2D eigenvalue weighted by molar-refractivity contribution is 6.33. The third-order valence-electron chi connectivity index (χ3n) is 4.13. The second-order valence-electron chi connectivity index (χ2n) is 5.72. The van der Waals surface area contributed by atoms with Gasteiger partial charge in [0.2, 0.25) is 0 Å². The van der Waals surface area contributed by atoms with E-state index in [0.29, 0.717) is 18.7 Å². The Labute approximate surface area is 141 Å². The number of aromatic nitrogens is 2. The molecule has 0 spiro atoms. The first-order chi connectivity index (χ1) is 11.4. The van der Waals surface area contributed by atoms with Gasteiger partial charge in [0.15, 0.2) is 0 Å². The van der Waals surface area contributed by atoms with Gasteiger partial charge in [-0.15, -0.1) is 0 Å². The standard InChI is InChI=1S/C16H15ClF3N3O/c17-14-13(22-8-4-5-11(10-22)16(18,19)20)9-21-23(15(14)24)12-6-2-1-3-7-12/h1-3,6-7,9,11H,4-5,8,10H2. The number of anilines is 1. The zero-order chi connectivity index (χ0) is 17.3. The molecule has 0 N–H and O–H groups in total. The second kappa shape index (κ2) is 6.47. The highest BCUT2D eigenvalue weighted by Crippen LogP contribution is 2.35. The Morgan fingerprint density at radius 2 is 1.92 bits per heavy atom. The Hall–Kier alpha value is -2.02. The number of rotatable bonds is 2. The minimum Gasteiger partial charge on any atom is -0.368 e. The lowest BCUT2D eigenvalue weighted by Crippen LogP contribution is -2.42. The lowest BCUT2D eigenvalue weighted by molar-refractivity contribution is -0.175. The minimum absolute atomic E-state index is 0.0894. The summed E-state index contributed by atoms with van der Waals surface area (Å²) >= 11 is 6.15. The van der Waals surface area contributed by atoms with Crippen LogP contribution in [-0.4, -0.2) is 29.0 Å². The topological polar surface area (TPSA) is 38.1 Å². The molecule has 2 aromatic rings. The van der Waals surface area contributed by atoms with Crippen LogP contribution in [0.3, 0.4) is 0 Å². The summed E-state index contributed by atoms with van der Waals surface area (Å²) in [5.41, 5.74) is 0.250. The molecule has 0 amide bonds. The van der Waals surface area contributed by atoms with E-state index in [-0.39, 0.29) is 23.7 Å². The van der Waals surface area contributed by atoms with Crippen LogP contribution in [0.2, 0.25) is 5.02 Å². The van der Waals surface area contributed by atoms with E-state index in [1.165, 1.54) is 11.1 Å². The van der Waals surface area contributed by atoms with Crippen LogP contribution in [0.5, 0.6) is 0 Å². The molecule has 24 heavy (non-hydrogen) atoms. The van der Waals surface area contributed by atoms with Crippen molar-refractivity contribution in [2.75, 3.05) is 18.0 Å². The fourth-order valence-corrected chi connectivity index (χ4v) is 3.11. The predicted molar refractivity (Wildman–Crippen MR) is 85.8 cm³/mol. The molecule has 1 unspecified atom stereocenters. The van der Waals surface area contributed by atoms with Crippen LogP contribution >= 0.6 is 11.6 Å². The summed E-state index contributed by atoms with van der Waals surface area (Å²) in [5, 5.41) is 3.95. The van der Waals surface area contributed by atoms with Gasteiger partial charge in [0.25, 0.3) is 5.56 Å². The molecular weight excluding hydrogens is 343 g/mol. The van der Waals surface area contributed by atoms with Crippen molar-refractivity contribution in [3.63, 3.8) is 0 Å². The first kappa shape index (κ1) is 16.8. The van der Waals surface area contributed by atoms with E-state index < -0.39 is 17.7 Å². The lowest BCUT2D eigenvalue weighted by atomic mass is 9.97. The Morgan fingerprint density at radius 3 is 2.58 bits per heavy atom. The van der Waals surface area contributed by atoms with Gasteiger partial charge in [-0.1, -0.05) is 29.8 Å². The zero-order valence-corrected chi connectivity index (χ0v) is 13.4. The number of piperidine rings is 1. The maximum absolute atomic E-state index is 13.0. The van der Waals surface area contributed by atoms with Crippen LogP contribution in [0.4, 0.5) is 18.9 Å². The van der Waals surface area contributed by atoms with Crippen molar-refractivity contribution >= 4 is 17.3 Å². The summed E-state index contributed by atoms with van der Waals surface area (Å²) in [4.78, 5) is 13.9. The molecule has 0 bridgehead atoms. The fourth-order valence-electron chi connectivity index (χ4n) is 2.86. The van der Waals surface area contributed by atoms with Gasteiger partial charge in [0, 0.05) is 13.1 Å². The third-order valence-corrected chi connectivity index (χ3v) is 4.48. The molecule has 3 rings (SSSR count). The van der Waals surface area contributed by atoms with Crippen LogP contribution < -0.4 is 10.5 Å². The quantitative estimate of drug-likeness (QED) is 0.823.